The normalized spacial score (nSPS) is 24.0. The van der Waals surface area contributed by atoms with Crippen LogP contribution in [0.15, 0.2) is 24.3 Å². The van der Waals surface area contributed by atoms with E-state index in [-0.39, 0.29) is 0 Å². The third-order valence-corrected chi connectivity index (χ3v) is 4.81. The van der Waals surface area contributed by atoms with E-state index in [9.17, 15) is 5.11 Å². The second-order valence-electron chi connectivity index (χ2n) is 6.37. The summed E-state index contributed by atoms with van der Waals surface area (Å²) in [7, 11) is 2.12. The molecule has 0 saturated heterocycles. The molecule has 1 aromatic carbocycles. The van der Waals surface area contributed by atoms with Crippen LogP contribution in [0.1, 0.15) is 49.8 Å². The molecule has 0 heterocycles. The number of thiocarbonyl (C=S) groups is 1. The van der Waals surface area contributed by atoms with Gasteiger partial charge in [-0.3, -0.25) is 0 Å². The molecule has 3 atom stereocenters. The quantitative estimate of drug-likeness (QED) is 0.821. The van der Waals surface area contributed by atoms with Crippen LogP contribution in [0.5, 0.6) is 0 Å². The largest absolute Gasteiger partial charge is 0.389 e. The van der Waals surface area contributed by atoms with Crippen molar-refractivity contribution < 1.29 is 5.11 Å². The van der Waals surface area contributed by atoms with Crippen LogP contribution in [-0.4, -0.2) is 34.6 Å². The Balaban J connectivity index is 1.93. The van der Waals surface area contributed by atoms with Gasteiger partial charge in [-0.05, 0) is 31.4 Å². The van der Waals surface area contributed by atoms with Gasteiger partial charge in [0.15, 0.2) is 0 Å². The molecule has 2 rings (SSSR count). The van der Waals surface area contributed by atoms with E-state index in [4.69, 9.17) is 18.0 Å². The maximum absolute atomic E-state index is 10.4. The van der Waals surface area contributed by atoms with E-state index < -0.39 is 6.10 Å². The highest BCUT2D eigenvalue weighted by Crippen LogP contribution is 2.27. The van der Waals surface area contributed by atoms with Gasteiger partial charge in [0.2, 0.25) is 0 Å². The molecule has 116 valence electrons. The lowest BCUT2D eigenvalue weighted by molar-refractivity contribution is 0.0831. The van der Waals surface area contributed by atoms with E-state index in [1.165, 1.54) is 25.7 Å². The van der Waals surface area contributed by atoms with E-state index >= 15 is 0 Å². The molecule has 1 aliphatic rings. The van der Waals surface area contributed by atoms with E-state index in [1.54, 1.807) is 0 Å². The topological polar surface area (TPSA) is 49.5 Å². The Bertz CT molecular complexity index is 474. The summed E-state index contributed by atoms with van der Waals surface area (Å²) in [6.07, 6.45) is 4.66. The van der Waals surface area contributed by atoms with Crippen LogP contribution in [0.2, 0.25) is 0 Å². The zero-order valence-electron chi connectivity index (χ0n) is 13.0. The first kappa shape index (κ1) is 16.4. The molecule has 1 aliphatic carbocycles. The van der Waals surface area contributed by atoms with Crippen molar-refractivity contribution >= 4 is 17.2 Å². The molecule has 0 aromatic heterocycles. The van der Waals surface area contributed by atoms with Crippen molar-refractivity contribution in [1.82, 2.24) is 4.90 Å². The molecule has 0 amide bonds. The Morgan fingerprint density at radius 1 is 1.38 bits per heavy atom. The van der Waals surface area contributed by atoms with Gasteiger partial charge in [-0.1, -0.05) is 56.2 Å². The minimum absolute atomic E-state index is 0.393. The SMILES string of the molecule is CC1CCCC(N(C)CC(O)c2ccc(C(N)=S)cc2)C1. The van der Waals surface area contributed by atoms with E-state index in [2.05, 4.69) is 18.9 Å². The Labute approximate surface area is 133 Å². The Hall–Kier alpha value is -0.970. The van der Waals surface area contributed by atoms with Gasteiger partial charge in [0, 0.05) is 18.2 Å². The van der Waals surface area contributed by atoms with Gasteiger partial charge in [-0.2, -0.15) is 0 Å². The Morgan fingerprint density at radius 3 is 2.62 bits per heavy atom. The van der Waals surface area contributed by atoms with Gasteiger partial charge in [0.1, 0.15) is 4.99 Å². The predicted octanol–water partition coefficient (Wildman–Crippen LogP) is 2.86. The molecule has 4 heteroatoms. The summed E-state index contributed by atoms with van der Waals surface area (Å²) in [5, 5.41) is 10.4. The van der Waals surface area contributed by atoms with Gasteiger partial charge in [-0.25, -0.2) is 0 Å². The number of aliphatic hydroxyl groups excluding tert-OH is 1. The van der Waals surface area contributed by atoms with Crippen LogP contribution in [0.3, 0.4) is 0 Å². The molecule has 0 radical (unpaired) electrons. The van der Waals surface area contributed by atoms with Crippen molar-refractivity contribution in [1.29, 1.82) is 0 Å². The monoisotopic (exact) mass is 306 g/mol. The molecular formula is C17H26N2OS. The van der Waals surface area contributed by atoms with Gasteiger partial charge in [0.05, 0.1) is 6.10 Å². The highest BCUT2D eigenvalue weighted by molar-refractivity contribution is 7.80. The van der Waals surface area contributed by atoms with Crippen molar-refractivity contribution in [3.63, 3.8) is 0 Å². The Morgan fingerprint density at radius 2 is 2.05 bits per heavy atom. The zero-order valence-corrected chi connectivity index (χ0v) is 13.8. The third-order valence-electron chi connectivity index (χ3n) is 4.57. The predicted molar refractivity (Wildman–Crippen MR) is 91.3 cm³/mol. The van der Waals surface area contributed by atoms with E-state index in [1.807, 2.05) is 24.3 Å². The fourth-order valence-corrected chi connectivity index (χ4v) is 3.34. The van der Waals surface area contributed by atoms with E-state index in [0.29, 0.717) is 17.6 Å². The summed E-state index contributed by atoms with van der Waals surface area (Å²) < 4.78 is 0. The maximum atomic E-state index is 10.4. The van der Waals surface area contributed by atoms with Crippen LogP contribution in [0, 0.1) is 5.92 Å². The highest BCUT2D eigenvalue weighted by atomic mass is 32.1. The molecule has 1 fully saturated rings. The summed E-state index contributed by atoms with van der Waals surface area (Å²) in [6, 6.07) is 8.18. The zero-order chi connectivity index (χ0) is 15.4. The van der Waals surface area contributed by atoms with Crippen LogP contribution >= 0.6 is 12.2 Å². The van der Waals surface area contributed by atoms with Crippen molar-refractivity contribution in [2.24, 2.45) is 11.7 Å². The fourth-order valence-electron chi connectivity index (χ4n) is 3.20. The first-order valence-electron chi connectivity index (χ1n) is 7.75. The number of hydrogen-bond acceptors (Lipinski definition) is 3. The second kappa shape index (κ2) is 7.34. The summed E-state index contributed by atoms with van der Waals surface area (Å²) in [4.78, 5) is 2.70. The second-order valence-corrected chi connectivity index (χ2v) is 6.81. The molecule has 0 aliphatic heterocycles. The third kappa shape index (κ3) is 4.50. The molecule has 21 heavy (non-hydrogen) atoms. The lowest BCUT2D eigenvalue weighted by Gasteiger charge is -2.35. The average Bonchev–Trinajstić information content (AvgIpc) is 2.47. The molecule has 0 spiro atoms. The molecule has 1 saturated carbocycles. The first-order chi connectivity index (χ1) is 9.97. The van der Waals surface area contributed by atoms with Crippen molar-refractivity contribution in [2.45, 2.75) is 44.8 Å². The highest BCUT2D eigenvalue weighted by Gasteiger charge is 2.24. The minimum atomic E-state index is -0.465. The fraction of sp³-hybridized carbons (Fsp3) is 0.588. The van der Waals surface area contributed by atoms with Gasteiger partial charge in [0.25, 0.3) is 0 Å². The molecule has 3 N–H and O–H groups in total. The molecule has 3 unspecified atom stereocenters. The summed E-state index contributed by atoms with van der Waals surface area (Å²) >= 11 is 4.94. The number of hydrogen-bond donors (Lipinski definition) is 2. The van der Waals surface area contributed by atoms with Crippen molar-refractivity contribution in [3.05, 3.63) is 35.4 Å². The molecule has 3 nitrogen and oxygen atoms in total. The van der Waals surface area contributed by atoms with Gasteiger partial charge in [-0.15, -0.1) is 0 Å². The standard InChI is InChI=1S/C17H26N2OS/c1-12-4-3-5-15(10-12)19(2)11-16(20)13-6-8-14(9-7-13)17(18)21/h6-9,12,15-16,20H,3-5,10-11H2,1-2H3,(H2,18,21). The first-order valence-corrected chi connectivity index (χ1v) is 8.16. The lowest BCUT2D eigenvalue weighted by Crippen LogP contribution is -2.38. The van der Waals surface area contributed by atoms with Crippen molar-refractivity contribution in [2.75, 3.05) is 13.6 Å². The summed E-state index contributed by atoms with van der Waals surface area (Å²) in [6.45, 7) is 2.99. The average molecular weight is 306 g/mol. The summed E-state index contributed by atoms with van der Waals surface area (Å²) in [5.74, 6) is 0.799. The number of likely N-dealkylation sites (N-methyl/N-ethyl adjacent to an activating group) is 1. The van der Waals surface area contributed by atoms with Crippen LogP contribution in [0.25, 0.3) is 0 Å². The smallest absolute Gasteiger partial charge is 0.103 e. The number of aliphatic hydroxyl groups is 1. The van der Waals surface area contributed by atoms with Gasteiger partial charge >= 0.3 is 0 Å². The maximum Gasteiger partial charge on any atom is 0.103 e. The van der Waals surface area contributed by atoms with E-state index in [0.717, 1.165) is 17.0 Å². The number of nitrogens with zero attached hydrogens (tertiary/aromatic N) is 1. The lowest BCUT2D eigenvalue weighted by atomic mass is 9.86. The number of nitrogens with two attached hydrogens (primary N) is 1. The summed E-state index contributed by atoms with van der Waals surface area (Å²) in [5.41, 5.74) is 7.36. The van der Waals surface area contributed by atoms with Crippen molar-refractivity contribution in [3.8, 4) is 0 Å². The molecule has 1 aromatic rings. The number of rotatable bonds is 5. The Kier molecular flexibility index (Phi) is 5.73. The molecule has 0 bridgehead atoms. The minimum Gasteiger partial charge on any atom is -0.389 e. The van der Waals surface area contributed by atoms with Gasteiger partial charge < -0.3 is 15.7 Å². The van der Waals surface area contributed by atoms with Crippen LogP contribution in [0.4, 0.5) is 0 Å². The number of benzene rings is 1. The molecular weight excluding hydrogens is 280 g/mol. The van der Waals surface area contributed by atoms with Crippen LogP contribution in [-0.2, 0) is 0 Å². The van der Waals surface area contributed by atoms with Crippen LogP contribution < -0.4 is 5.73 Å².